The van der Waals surface area contributed by atoms with Crippen molar-refractivity contribution in [2.75, 3.05) is 4.72 Å². The lowest BCUT2D eigenvalue weighted by Crippen LogP contribution is -2.14. The van der Waals surface area contributed by atoms with E-state index in [4.69, 9.17) is 0 Å². The molecule has 3 nitrogen and oxygen atoms in total. The van der Waals surface area contributed by atoms with E-state index < -0.39 is 15.8 Å². The second-order valence-corrected chi connectivity index (χ2v) is 6.47. The molecule has 0 radical (unpaired) electrons. The van der Waals surface area contributed by atoms with Crippen molar-refractivity contribution < 1.29 is 12.8 Å². The molecular weight excluding hydrogens is 277 g/mol. The highest BCUT2D eigenvalue weighted by Crippen LogP contribution is 2.22. The van der Waals surface area contributed by atoms with E-state index >= 15 is 0 Å². The summed E-state index contributed by atoms with van der Waals surface area (Å²) in [4.78, 5) is 0.241. The summed E-state index contributed by atoms with van der Waals surface area (Å²) in [7, 11) is -3.67. The highest BCUT2D eigenvalue weighted by Gasteiger charge is 2.17. The van der Waals surface area contributed by atoms with Crippen LogP contribution in [0.3, 0.4) is 0 Å². The largest absolute Gasteiger partial charge is 0.280 e. The Balaban J connectivity index is 2.40. The van der Waals surface area contributed by atoms with E-state index in [1.54, 1.807) is 13.0 Å². The lowest BCUT2D eigenvalue weighted by atomic mass is 10.1. The highest BCUT2D eigenvalue weighted by atomic mass is 32.2. The predicted molar refractivity (Wildman–Crippen MR) is 77.9 cm³/mol. The molecule has 5 heteroatoms. The third-order valence-corrected chi connectivity index (χ3v) is 4.70. The smallest absolute Gasteiger partial charge is 0.262 e. The molecule has 0 saturated heterocycles. The van der Waals surface area contributed by atoms with Crippen molar-refractivity contribution in [1.82, 2.24) is 0 Å². The molecule has 0 atom stereocenters. The van der Waals surface area contributed by atoms with E-state index in [0.29, 0.717) is 11.3 Å². The fourth-order valence-corrected chi connectivity index (χ4v) is 3.32. The van der Waals surface area contributed by atoms with E-state index in [9.17, 15) is 12.8 Å². The molecule has 0 unspecified atom stereocenters. The number of nitrogens with one attached hydrogen (secondary N) is 1. The number of sulfonamides is 1. The summed E-state index contributed by atoms with van der Waals surface area (Å²) < 4.78 is 40.0. The zero-order chi connectivity index (χ0) is 14.9. The molecule has 2 aromatic rings. The molecular formula is C15H16FNO2S. The summed E-state index contributed by atoms with van der Waals surface area (Å²) in [6.45, 7) is 5.56. The van der Waals surface area contributed by atoms with Crippen LogP contribution in [0.25, 0.3) is 0 Å². The first kappa shape index (κ1) is 14.5. The van der Waals surface area contributed by atoms with E-state index in [1.165, 1.54) is 24.3 Å². The Labute approximate surface area is 118 Å². The van der Waals surface area contributed by atoms with Crippen LogP contribution in [0.2, 0.25) is 0 Å². The molecule has 0 fully saturated rings. The third kappa shape index (κ3) is 2.99. The zero-order valence-electron chi connectivity index (χ0n) is 11.6. The van der Waals surface area contributed by atoms with Gasteiger partial charge in [-0.1, -0.05) is 6.07 Å². The minimum atomic E-state index is -3.67. The first-order valence-corrected chi connectivity index (χ1v) is 7.64. The Morgan fingerprint density at radius 1 is 0.900 bits per heavy atom. The van der Waals surface area contributed by atoms with Gasteiger partial charge in [-0.15, -0.1) is 0 Å². The number of aryl methyl sites for hydroxylation is 3. The van der Waals surface area contributed by atoms with Gasteiger partial charge in [-0.3, -0.25) is 4.72 Å². The van der Waals surface area contributed by atoms with Crippen molar-refractivity contribution in [2.24, 2.45) is 0 Å². The first-order valence-electron chi connectivity index (χ1n) is 6.16. The van der Waals surface area contributed by atoms with Crippen molar-refractivity contribution in [3.63, 3.8) is 0 Å². The summed E-state index contributed by atoms with van der Waals surface area (Å²) >= 11 is 0. The van der Waals surface area contributed by atoms with Crippen LogP contribution in [0.1, 0.15) is 16.7 Å². The molecule has 2 aromatic carbocycles. The maximum atomic E-state index is 12.8. The molecule has 0 spiro atoms. The van der Waals surface area contributed by atoms with Crippen molar-refractivity contribution >= 4 is 15.7 Å². The van der Waals surface area contributed by atoms with Gasteiger partial charge >= 0.3 is 0 Å². The van der Waals surface area contributed by atoms with Crippen LogP contribution in [0.5, 0.6) is 0 Å². The number of hydrogen-bond donors (Lipinski definition) is 1. The zero-order valence-corrected chi connectivity index (χ0v) is 12.4. The van der Waals surface area contributed by atoms with E-state index in [-0.39, 0.29) is 4.90 Å². The average molecular weight is 293 g/mol. The number of benzene rings is 2. The van der Waals surface area contributed by atoms with Gasteiger partial charge in [0.05, 0.1) is 4.90 Å². The Hall–Kier alpha value is -1.88. The number of halogens is 1. The highest BCUT2D eigenvalue weighted by molar-refractivity contribution is 7.92. The monoisotopic (exact) mass is 293 g/mol. The molecule has 0 heterocycles. The quantitative estimate of drug-likeness (QED) is 0.940. The van der Waals surface area contributed by atoms with Gasteiger partial charge in [-0.2, -0.15) is 0 Å². The average Bonchev–Trinajstić information content (AvgIpc) is 2.36. The fourth-order valence-electron chi connectivity index (χ4n) is 1.95. The molecule has 0 aromatic heterocycles. The fraction of sp³-hybridized carbons (Fsp3) is 0.200. The Morgan fingerprint density at radius 2 is 1.45 bits per heavy atom. The van der Waals surface area contributed by atoms with Crippen LogP contribution in [-0.4, -0.2) is 8.42 Å². The molecule has 0 amide bonds. The Kier molecular flexibility index (Phi) is 3.81. The molecule has 0 aliphatic heterocycles. The number of anilines is 1. The number of hydrogen-bond acceptors (Lipinski definition) is 2. The van der Waals surface area contributed by atoms with Crippen LogP contribution in [0.15, 0.2) is 41.3 Å². The van der Waals surface area contributed by atoms with Gasteiger partial charge in [0, 0.05) is 5.69 Å². The van der Waals surface area contributed by atoms with Gasteiger partial charge in [-0.25, -0.2) is 12.8 Å². The third-order valence-electron chi connectivity index (χ3n) is 3.18. The maximum Gasteiger partial charge on any atom is 0.262 e. The van der Waals surface area contributed by atoms with E-state index in [0.717, 1.165) is 11.1 Å². The first-order chi connectivity index (χ1) is 9.29. The van der Waals surface area contributed by atoms with Crippen molar-refractivity contribution in [1.29, 1.82) is 0 Å². The summed E-state index contributed by atoms with van der Waals surface area (Å²) in [5, 5.41) is 0. The lowest BCUT2D eigenvalue weighted by Gasteiger charge is -2.12. The number of rotatable bonds is 3. The molecule has 106 valence electrons. The van der Waals surface area contributed by atoms with Crippen molar-refractivity contribution in [3.8, 4) is 0 Å². The topological polar surface area (TPSA) is 46.2 Å². The van der Waals surface area contributed by atoms with Crippen LogP contribution in [0, 0.1) is 26.6 Å². The molecule has 0 bridgehead atoms. The predicted octanol–water partition coefficient (Wildman–Crippen LogP) is 3.55. The van der Waals surface area contributed by atoms with Gasteiger partial charge in [-0.05, 0) is 67.8 Å². The molecule has 20 heavy (non-hydrogen) atoms. The van der Waals surface area contributed by atoms with E-state index in [2.05, 4.69) is 4.72 Å². The standard InChI is InChI=1S/C15H16FNO2S/c1-10-8-12(3)15(9-11(10)2)20(18,19)17-14-6-4-13(16)5-7-14/h4-9,17H,1-3H3. The molecule has 0 saturated carbocycles. The molecule has 2 rings (SSSR count). The summed E-state index contributed by atoms with van der Waals surface area (Å²) in [5.74, 6) is -0.407. The summed E-state index contributed by atoms with van der Waals surface area (Å²) in [6, 6.07) is 8.70. The van der Waals surface area contributed by atoms with Gasteiger partial charge < -0.3 is 0 Å². The van der Waals surface area contributed by atoms with Crippen LogP contribution < -0.4 is 4.72 Å². The molecule has 1 N–H and O–H groups in total. The van der Waals surface area contributed by atoms with Crippen molar-refractivity contribution in [3.05, 3.63) is 58.9 Å². The molecule has 0 aliphatic rings. The maximum absolute atomic E-state index is 12.8. The minimum Gasteiger partial charge on any atom is -0.280 e. The minimum absolute atomic E-state index is 0.241. The second kappa shape index (κ2) is 5.25. The summed E-state index contributed by atoms with van der Waals surface area (Å²) in [6.07, 6.45) is 0. The summed E-state index contributed by atoms with van der Waals surface area (Å²) in [5.41, 5.74) is 2.98. The van der Waals surface area contributed by atoms with Crippen LogP contribution in [-0.2, 0) is 10.0 Å². The second-order valence-electron chi connectivity index (χ2n) is 4.81. The van der Waals surface area contributed by atoms with Crippen LogP contribution >= 0.6 is 0 Å². The SMILES string of the molecule is Cc1cc(C)c(S(=O)(=O)Nc2ccc(F)cc2)cc1C. The van der Waals surface area contributed by atoms with E-state index in [1.807, 2.05) is 19.9 Å². The lowest BCUT2D eigenvalue weighted by molar-refractivity contribution is 0.600. The van der Waals surface area contributed by atoms with Gasteiger partial charge in [0.25, 0.3) is 10.0 Å². The normalized spacial score (nSPS) is 11.4. The van der Waals surface area contributed by atoms with Crippen LogP contribution in [0.4, 0.5) is 10.1 Å². The Morgan fingerprint density at radius 3 is 2.05 bits per heavy atom. The van der Waals surface area contributed by atoms with Crippen molar-refractivity contribution in [2.45, 2.75) is 25.7 Å². The van der Waals surface area contributed by atoms with Gasteiger partial charge in [0.1, 0.15) is 5.82 Å². The van der Waals surface area contributed by atoms with Gasteiger partial charge in [0.15, 0.2) is 0 Å². The Bertz CT molecular complexity index is 737. The molecule has 0 aliphatic carbocycles. The van der Waals surface area contributed by atoms with Gasteiger partial charge in [0.2, 0.25) is 0 Å².